The second-order valence-electron chi connectivity index (χ2n) is 8.87. The Kier molecular flexibility index (Phi) is 8.56. The van der Waals surface area contributed by atoms with E-state index in [2.05, 4.69) is 0 Å². The molecular weight excluding hydrogens is 468 g/mol. The van der Waals surface area contributed by atoms with E-state index >= 15 is 0 Å². The van der Waals surface area contributed by atoms with Gasteiger partial charge in [0.05, 0.1) is 33.5 Å². The van der Waals surface area contributed by atoms with E-state index in [0.717, 1.165) is 27.8 Å². The molecule has 9 heteroatoms. The second kappa shape index (κ2) is 11.6. The zero-order chi connectivity index (χ0) is 24.9. The molecule has 1 fully saturated rings. The molecule has 0 saturated carbocycles. The van der Waals surface area contributed by atoms with Gasteiger partial charge in [0.25, 0.3) is 0 Å². The van der Waals surface area contributed by atoms with Crippen LogP contribution in [-0.4, -0.2) is 79.4 Å². The van der Waals surface area contributed by atoms with Crippen molar-refractivity contribution in [3.05, 3.63) is 59.7 Å². The molecule has 3 unspecified atom stereocenters. The third-order valence-corrected chi connectivity index (χ3v) is 7.40. The monoisotopic (exact) mass is 502 g/mol. The fourth-order valence-electron chi connectivity index (χ4n) is 4.16. The number of ether oxygens (including phenoxy) is 5. The van der Waals surface area contributed by atoms with Crippen LogP contribution in [0.15, 0.2) is 53.5 Å². The van der Waals surface area contributed by atoms with E-state index in [-0.39, 0.29) is 11.5 Å². The van der Waals surface area contributed by atoms with Crippen LogP contribution in [0.1, 0.15) is 18.1 Å². The van der Waals surface area contributed by atoms with Crippen molar-refractivity contribution in [3.8, 4) is 11.5 Å². The minimum Gasteiger partial charge on any atom is -0.497 e. The normalized spacial score (nSPS) is 26.6. The van der Waals surface area contributed by atoms with Gasteiger partial charge in [-0.3, -0.25) is 4.99 Å². The van der Waals surface area contributed by atoms with Crippen molar-refractivity contribution in [1.29, 1.82) is 0 Å². The Hall–Kier alpha value is -2.30. The van der Waals surface area contributed by atoms with Gasteiger partial charge in [0.15, 0.2) is 5.17 Å². The summed E-state index contributed by atoms with van der Waals surface area (Å²) in [6, 6.07) is 15.2. The third-order valence-electron chi connectivity index (χ3n) is 6.10. The molecule has 2 aliphatic rings. The number of hydrogen-bond donors (Lipinski definition) is 1. The van der Waals surface area contributed by atoms with Gasteiger partial charge in [0, 0.05) is 14.1 Å². The van der Waals surface area contributed by atoms with Crippen molar-refractivity contribution in [2.45, 2.75) is 56.0 Å². The van der Waals surface area contributed by atoms with Crippen LogP contribution in [-0.2, 0) is 27.4 Å². The number of fused-ring (bicyclic) bond motifs is 1. The lowest BCUT2D eigenvalue weighted by Gasteiger charge is -2.43. The summed E-state index contributed by atoms with van der Waals surface area (Å²) in [4.78, 5) is 6.88. The van der Waals surface area contributed by atoms with Crippen LogP contribution in [0, 0.1) is 0 Å². The molecule has 4 rings (SSSR count). The highest BCUT2D eigenvalue weighted by Crippen LogP contribution is 2.40. The molecule has 0 aromatic heterocycles. The summed E-state index contributed by atoms with van der Waals surface area (Å²) in [6.07, 6.45) is -2.21. The van der Waals surface area contributed by atoms with Crippen LogP contribution in [0.2, 0.25) is 0 Å². The topological polar surface area (TPSA) is 82.0 Å². The van der Waals surface area contributed by atoms with Gasteiger partial charge in [-0.15, -0.1) is 0 Å². The Morgan fingerprint density at radius 2 is 1.43 bits per heavy atom. The van der Waals surface area contributed by atoms with Crippen LogP contribution in [0.4, 0.5) is 0 Å². The smallest absolute Gasteiger partial charge is 0.161 e. The molecule has 6 atom stereocenters. The van der Waals surface area contributed by atoms with E-state index < -0.39 is 24.4 Å². The SMILES string of the molecule is COc1ccc(COC2C(OCc3ccc(OC)cc3)[C@H]3N=C(N(C)C)S[C@H]3O[C@@H]2C(C)O)cc1. The molecule has 2 aromatic rings. The Bertz CT molecular complexity index is 982. The summed E-state index contributed by atoms with van der Waals surface area (Å²) in [6.45, 7) is 2.45. The first-order valence-electron chi connectivity index (χ1n) is 11.6. The van der Waals surface area contributed by atoms with Crippen LogP contribution in [0.3, 0.4) is 0 Å². The van der Waals surface area contributed by atoms with Gasteiger partial charge in [-0.05, 0) is 42.3 Å². The van der Waals surface area contributed by atoms with Gasteiger partial charge in [0.2, 0.25) is 0 Å². The molecule has 2 aromatic carbocycles. The van der Waals surface area contributed by atoms with Crippen molar-refractivity contribution < 1.29 is 28.8 Å². The van der Waals surface area contributed by atoms with Gasteiger partial charge in [0.1, 0.15) is 41.3 Å². The first-order valence-corrected chi connectivity index (χ1v) is 12.5. The van der Waals surface area contributed by atoms with E-state index in [9.17, 15) is 5.11 Å². The number of rotatable bonds is 9. The van der Waals surface area contributed by atoms with Crippen molar-refractivity contribution in [2.24, 2.45) is 4.99 Å². The molecule has 190 valence electrons. The largest absolute Gasteiger partial charge is 0.497 e. The first-order chi connectivity index (χ1) is 16.9. The molecular formula is C26H34N2O6S. The summed E-state index contributed by atoms with van der Waals surface area (Å²) in [5, 5.41) is 11.5. The predicted molar refractivity (Wildman–Crippen MR) is 136 cm³/mol. The molecule has 35 heavy (non-hydrogen) atoms. The fourth-order valence-corrected chi connectivity index (χ4v) is 5.30. The van der Waals surface area contributed by atoms with E-state index in [1.54, 1.807) is 32.9 Å². The van der Waals surface area contributed by atoms with Gasteiger partial charge >= 0.3 is 0 Å². The summed E-state index contributed by atoms with van der Waals surface area (Å²) in [5.74, 6) is 1.58. The van der Waals surface area contributed by atoms with E-state index in [1.807, 2.05) is 67.5 Å². The summed E-state index contributed by atoms with van der Waals surface area (Å²) < 4.78 is 29.7. The van der Waals surface area contributed by atoms with Crippen LogP contribution >= 0.6 is 11.8 Å². The van der Waals surface area contributed by atoms with Gasteiger partial charge in [-0.2, -0.15) is 0 Å². The zero-order valence-corrected chi connectivity index (χ0v) is 21.6. The van der Waals surface area contributed by atoms with Gasteiger partial charge in [-0.1, -0.05) is 36.0 Å². The molecule has 0 spiro atoms. The number of aliphatic hydroxyl groups excluding tert-OH is 1. The van der Waals surface area contributed by atoms with Crippen LogP contribution in [0.5, 0.6) is 11.5 Å². The molecule has 0 bridgehead atoms. The summed E-state index contributed by atoms with van der Waals surface area (Å²) >= 11 is 1.55. The van der Waals surface area contributed by atoms with Crippen molar-refractivity contribution in [2.75, 3.05) is 28.3 Å². The molecule has 0 amide bonds. The number of thioether (sulfide) groups is 1. The number of amidine groups is 1. The highest BCUT2D eigenvalue weighted by atomic mass is 32.2. The average Bonchev–Trinajstić information content (AvgIpc) is 3.31. The highest BCUT2D eigenvalue weighted by molar-refractivity contribution is 8.14. The third kappa shape index (κ3) is 6.10. The maximum atomic E-state index is 10.6. The van der Waals surface area contributed by atoms with Crippen molar-refractivity contribution >= 4 is 16.9 Å². The lowest BCUT2D eigenvalue weighted by molar-refractivity contribution is -0.218. The lowest BCUT2D eigenvalue weighted by atomic mass is 9.94. The number of aliphatic hydroxyl groups is 1. The molecule has 2 heterocycles. The number of aliphatic imine (C=N–C) groups is 1. The quantitative estimate of drug-likeness (QED) is 0.559. The maximum Gasteiger partial charge on any atom is 0.161 e. The van der Waals surface area contributed by atoms with Crippen molar-refractivity contribution in [3.63, 3.8) is 0 Å². The number of benzene rings is 2. The lowest BCUT2D eigenvalue weighted by Crippen LogP contribution is -2.59. The Morgan fingerprint density at radius 3 is 1.89 bits per heavy atom. The van der Waals surface area contributed by atoms with E-state index in [0.29, 0.717) is 13.2 Å². The Morgan fingerprint density at radius 1 is 0.914 bits per heavy atom. The minimum absolute atomic E-state index is 0.256. The number of nitrogens with zero attached hydrogens (tertiary/aromatic N) is 2. The zero-order valence-electron chi connectivity index (χ0n) is 20.8. The molecule has 1 N–H and O–H groups in total. The fraction of sp³-hybridized carbons (Fsp3) is 0.500. The van der Waals surface area contributed by atoms with Crippen LogP contribution < -0.4 is 9.47 Å². The summed E-state index contributed by atoms with van der Waals surface area (Å²) in [7, 11) is 7.20. The molecule has 8 nitrogen and oxygen atoms in total. The first kappa shape index (κ1) is 25.8. The standard InChI is InChI=1S/C26H34N2O6S/c1-16(29)22-24(33-15-18-8-12-20(31-5)13-9-18)23(21-25(34-22)35-26(27-21)28(2)3)32-14-17-6-10-19(30-4)11-7-17/h6-13,16,21-25,29H,14-15H2,1-5H3/t16?,21-,22-,23?,24?,25-/m1/s1. The highest BCUT2D eigenvalue weighted by Gasteiger charge is 2.52. The summed E-state index contributed by atoms with van der Waals surface area (Å²) in [5.41, 5.74) is 1.75. The second-order valence-corrected chi connectivity index (χ2v) is 9.94. The van der Waals surface area contributed by atoms with E-state index in [1.165, 1.54) is 0 Å². The predicted octanol–water partition coefficient (Wildman–Crippen LogP) is 3.31. The molecule has 0 radical (unpaired) electrons. The Labute approximate surface area is 211 Å². The van der Waals surface area contributed by atoms with Gasteiger partial charge in [-0.25, -0.2) is 0 Å². The molecule has 0 aliphatic carbocycles. The maximum absolute atomic E-state index is 10.6. The van der Waals surface area contributed by atoms with Crippen LogP contribution in [0.25, 0.3) is 0 Å². The number of methoxy groups -OCH3 is 2. The molecule has 1 saturated heterocycles. The Balaban J connectivity index is 1.57. The van der Waals surface area contributed by atoms with E-state index in [4.69, 9.17) is 28.7 Å². The van der Waals surface area contributed by atoms with Crippen molar-refractivity contribution in [1.82, 2.24) is 4.90 Å². The minimum atomic E-state index is -0.743. The number of hydrogen-bond acceptors (Lipinski definition) is 9. The molecule has 2 aliphatic heterocycles. The van der Waals surface area contributed by atoms with Gasteiger partial charge < -0.3 is 33.7 Å². The average molecular weight is 503 g/mol.